The molecule has 0 fully saturated rings. The molecule has 3 nitrogen and oxygen atoms in total. The van der Waals surface area contributed by atoms with E-state index in [1.165, 1.54) is 0 Å². The normalized spacial score (nSPS) is 11.0. The number of carbonyl (C=O) groups excluding carboxylic acids is 1. The van der Waals surface area contributed by atoms with Crippen molar-refractivity contribution in [1.82, 2.24) is 4.57 Å². The fraction of sp³-hybridized carbons (Fsp3) is 0.0500. The van der Waals surface area contributed by atoms with Crippen molar-refractivity contribution in [2.24, 2.45) is 0 Å². The number of benzene rings is 3. The van der Waals surface area contributed by atoms with E-state index in [4.69, 9.17) is 4.74 Å². The van der Waals surface area contributed by atoms with Crippen LogP contribution in [0.25, 0.3) is 21.8 Å². The fourth-order valence-corrected chi connectivity index (χ4v) is 2.92. The highest BCUT2D eigenvalue weighted by Crippen LogP contribution is 2.28. The second kappa shape index (κ2) is 5.61. The standard InChI is InChI=1S/C20H15NO2/c22-20(14-23-15-8-2-1-3-9-15)21-18-12-6-4-10-16(18)17-11-5-7-13-19(17)21/h1-13H,14H2. The lowest BCUT2D eigenvalue weighted by Crippen LogP contribution is -2.18. The van der Waals surface area contributed by atoms with Crippen LogP contribution in [0.3, 0.4) is 0 Å². The van der Waals surface area contributed by atoms with Crippen LogP contribution in [-0.2, 0) is 0 Å². The Kier molecular flexibility index (Phi) is 3.31. The lowest BCUT2D eigenvalue weighted by atomic mass is 10.2. The Morgan fingerprint density at radius 2 is 1.26 bits per heavy atom. The Balaban J connectivity index is 1.76. The van der Waals surface area contributed by atoms with Crippen LogP contribution in [-0.4, -0.2) is 17.1 Å². The first-order chi connectivity index (χ1) is 11.3. The molecule has 0 amide bonds. The number of fused-ring (bicyclic) bond motifs is 3. The highest BCUT2D eigenvalue weighted by atomic mass is 16.5. The predicted octanol–water partition coefficient (Wildman–Crippen LogP) is 4.51. The summed E-state index contributed by atoms with van der Waals surface area (Å²) < 4.78 is 7.36. The molecule has 1 heterocycles. The Labute approximate surface area is 133 Å². The molecule has 0 atom stereocenters. The maximum absolute atomic E-state index is 12.7. The molecule has 3 heteroatoms. The van der Waals surface area contributed by atoms with Crippen molar-refractivity contribution in [3.05, 3.63) is 78.9 Å². The van der Waals surface area contributed by atoms with Gasteiger partial charge in [-0.25, -0.2) is 0 Å². The Bertz CT molecular complexity index is 933. The summed E-state index contributed by atoms with van der Waals surface area (Å²) in [7, 11) is 0. The van der Waals surface area contributed by atoms with Crippen molar-refractivity contribution in [3.8, 4) is 5.75 Å². The first kappa shape index (κ1) is 13.6. The van der Waals surface area contributed by atoms with Crippen molar-refractivity contribution in [1.29, 1.82) is 0 Å². The number of aromatic nitrogens is 1. The third kappa shape index (κ3) is 2.36. The summed E-state index contributed by atoms with van der Waals surface area (Å²) in [6, 6.07) is 25.3. The van der Waals surface area contributed by atoms with Crippen molar-refractivity contribution < 1.29 is 9.53 Å². The minimum atomic E-state index is -0.0775. The number of hydrogen-bond donors (Lipinski definition) is 0. The third-order valence-electron chi connectivity index (χ3n) is 3.93. The van der Waals surface area contributed by atoms with Gasteiger partial charge in [-0.15, -0.1) is 0 Å². The van der Waals surface area contributed by atoms with E-state index in [1.807, 2.05) is 78.9 Å². The van der Waals surface area contributed by atoms with Gasteiger partial charge >= 0.3 is 0 Å². The summed E-state index contributed by atoms with van der Waals surface area (Å²) in [6.07, 6.45) is 0. The molecule has 0 N–H and O–H groups in total. The van der Waals surface area contributed by atoms with Gasteiger partial charge in [-0.3, -0.25) is 9.36 Å². The van der Waals surface area contributed by atoms with Crippen molar-refractivity contribution in [2.75, 3.05) is 6.61 Å². The average Bonchev–Trinajstić information content (AvgIpc) is 2.95. The molecule has 4 rings (SSSR count). The maximum atomic E-state index is 12.7. The minimum Gasteiger partial charge on any atom is -0.484 e. The summed E-state index contributed by atoms with van der Waals surface area (Å²) in [5, 5.41) is 2.16. The summed E-state index contributed by atoms with van der Waals surface area (Å²) >= 11 is 0. The van der Waals surface area contributed by atoms with Gasteiger partial charge in [0.2, 0.25) is 0 Å². The molecule has 3 aromatic carbocycles. The molecule has 112 valence electrons. The molecular weight excluding hydrogens is 286 g/mol. The Morgan fingerprint density at radius 1 is 0.739 bits per heavy atom. The van der Waals surface area contributed by atoms with E-state index in [0.717, 1.165) is 21.8 Å². The topological polar surface area (TPSA) is 31.2 Å². The fourth-order valence-electron chi connectivity index (χ4n) is 2.92. The maximum Gasteiger partial charge on any atom is 0.269 e. The van der Waals surface area contributed by atoms with Gasteiger partial charge in [-0.1, -0.05) is 54.6 Å². The van der Waals surface area contributed by atoms with Gasteiger partial charge in [0, 0.05) is 10.8 Å². The zero-order valence-electron chi connectivity index (χ0n) is 12.5. The van der Waals surface area contributed by atoms with Crippen molar-refractivity contribution >= 4 is 27.7 Å². The largest absolute Gasteiger partial charge is 0.484 e. The first-order valence-electron chi connectivity index (χ1n) is 7.54. The molecule has 0 aliphatic rings. The molecule has 0 spiro atoms. The van der Waals surface area contributed by atoms with Crippen LogP contribution in [0.4, 0.5) is 0 Å². The van der Waals surface area contributed by atoms with Crippen LogP contribution in [0.15, 0.2) is 78.9 Å². The lowest BCUT2D eigenvalue weighted by molar-refractivity contribution is 0.0848. The molecule has 0 saturated heterocycles. The van der Waals surface area contributed by atoms with E-state index >= 15 is 0 Å². The molecule has 0 radical (unpaired) electrons. The van der Waals surface area contributed by atoms with Crippen molar-refractivity contribution in [3.63, 3.8) is 0 Å². The zero-order valence-corrected chi connectivity index (χ0v) is 12.5. The van der Waals surface area contributed by atoms with Crippen LogP contribution in [0, 0.1) is 0 Å². The monoisotopic (exact) mass is 301 g/mol. The summed E-state index contributed by atoms with van der Waals surface area (Å²) in [4.78, 5) is 12.7. The SMILES string of the molecule is O=C(COc1ccccc1)n1c2ccccc2c2ccccc21. The number of rotatable bonds is 3. The highest BCUT2D eigenvalue weighted by molar-refractivity contribution is 6.13. The molecule has 0 aliphatic carbocycles. The van der Waals surface area contributed by atoms with Crippen LogP contribution in [0.1, 0.15) is 4.79 Å². The minimum absolute atomic E-state index is 0.00663. The van der Waals surface area contributed by atoms with Gasteiger partial charge in [-0.05, 0) is 24.3 Å². The van der Waals surface area contributed by atoms with Crippen molar-refractivity contribution in [2.45, 2.75) is 0 Å². The molecular formula is C20H15NO2. The molecule has 0 saturated carbocycles. The van der Waals surface area contributed by atoms with E-state index in [-0.39, 0.29) is 12.5 Å². The summed E-state index contributed by atoms with van der Waals surface area (Å²) in [5.74, 6) is 0.618. The van der Waals surface area contributed by atoms with Gasteiger partial charge < -0.3 is 4.74 Å². The average molecular weight is 301 g/mol. The number of hydrogen-bond acceptors (Lipinski definition) is 2. The van der Waals surface area contributed by atoms with Crippen LogP contribution in [0.2, 0.25) is 0 Å². The van der Waals surface area contributed by atoms with E-state index in [0.29, 0.717) is 5.75 Å². The Morgan fingerprint density at radius 3 is 1.87 bits per heavy atom. The lowest BCUT2D eigenvalue weighted by Gasteiger charge is -2.08. The van der Waals surface area contributed by atoms with E-state index in [1.54, 1.807) is 4.57 Å². The van der Waals surface area contributed by atoms with E-state index in [2.05, 4.69) is 0 Å². The molecule has 23 heavy (non-hydrogen) atoms. The molecule has 1 aromatic heterocycles. The Hall–Kier alpha value is -3.07. The zero-order chi connectivity index (χ0) is 15.6. The quantitative estimate of drug-likeness (QED) is 0.557. The smallest absolute Gasteiger partial charge is 0.269 e. The number of carbonyl (C=O) groups is 1. The molecule has 4 aromatic rings. The molecule has 0 unspecified atom stereocenters. The van der Waals surface area contributed by atoms with E-state index < -0.39 is 0 Å². The number of para-hydroxylation sites is 3. The third-order valence-corrected chi connectivity index (χ3v) is 3.93. The van der Waals surface area contributed by atoms with Gasteiger partial charge in [0.25, 0.3) is 5.91 Å². The van der Waals surface area contributed by atoms with Crippen LogP contribution in [0.5, 0.6) is 5.75 Å². The van der Waals surface area contributed by atoms with Crippen LogP contribution < -0.4 is 4.74 Å². The van der Waals surface area contributed by atoms with Gasteiger partial charge in [0.05, 0.1) is 11.0 Å². The van der Waals surface area contributed by atoms with Gasteiger partial charge in [0.1, 0.15) is 5.75 Å². The van der Waals surface area contributed by atoms with Crippen LogP contribution >= 0.6 is 0 Å². The second-order valence-corrected chi connectivity index (χ2v) is 5.37. The molecule has 0 aliphatic heterocycles. The number of nitrogens with zero attached hydrogens (tertiary/aromatic N) is 1. The van der Waals surface area contributed by atoms with Gasteiger partial charge in [0.15, 0.2) is 6.61 Å². The highest BCUT2D eigenvalue weighted by Gasteiger charge is 2.15. The second-order valence-electron chi connectivity index (χ2n) is 5.37. The molecule has 0 bridgehead atoms. The first-order valence-corrected chi connectivity index (χ1v) is 7.54. The predicted molar refractivity (Wildman–Crippen MR) is 92.0 cm³/mol. The van der Waals surface area contributed by atoms with E-state index in [9.17, 15) is 4.79 Å². The number of ether oxygens (including phenoxy) is 1. The summed E-state index contributed by atoms with van der Waals surface area (Å²) in [5.41, 5.74) is 1.82. The summed E-state index contributed by atoms with van der Waals surface area (Å²) in [6.45, 7) is 0.00663. The van der Waals surface area contributed by atoms with Gasteiger partial charge in [-0.2, -0.15) is 0 Å².